The summed E-state index contributed by atoms with van der Waals surface area (Å²) in [4.78, 5) is 37.7. The van der Waals surface area contributed by atoms with Crippen molar-refractivity contribution in [2.24, 2.45) is 0 Å². The van der Waals surface area contributed by atoms with Crippen LogP contribution in [0.1, 0.15) is 322 Å². The van der Waals surface area contributed by atoms with Crippen LogP contribution in [-0.4, -0.2) is 87.4 Å². The number of nitrogens with zero attached hydrogens (tertiary/aromatic N) is 1. The molecule has 9 nitrogen and oxygen atoms in total. The average Bonchev–Trinajstić information content (AvgIpc) is 1.25. The quantitative estimate of drug-likeness (QED) is 0.0211. The molecule has 0 spiro atoms. The van der Waals surface area contributed by atoms with Crippen molar-refractivity contribution in [2.75, 3.05) is 47.5 Å². The summed E-state index contributed by atoms with van der Waals surface area (Å²) in [6, 6.07) is 0. The van der Waals surface area contributed by atoms with Crippen molar-refractivity contribution in [3.63, 3.8) is 0 Å². The normalized spacial score (nSPS) is 13.6. The van der Waals surface area contributed by atoms with Gasteiger partial charge in [0, 0.05) is 12.8 Å². The molecule has 2 unspecified atom stereocenters. The third-order valence-corrected chi connectivity index (χ3v) is 17.2. The summed E-state index contributed by atoms with van der Waals surface area (Å²) >= 11 is 0. The van der Waals surface area contributed by atoms with E-state index >= 15 is 0 Å². The Labute approximate surface area is 621 Å². The zero-order chi connectivity index (χ0) is 73.2. The Morgan fingerprint density at radius 1 is 0.297 bits per heavy atom. The highest BCUT2D eigenvalue weighted by Gasteiger charge is 2.25. The zero-order valence-corrected chi connectivity index (χ0v) is 65.5. The van der Waals surface area contributed by atoms with E-state index in [2.05, 4.69) is 196 Å². The highest BCUT2D eigenvalue weighted by Crippen LogP contribution is 2.18. The molecular weight excluding hydrogens is 1250 g/mol. The Morgan fingerprint density at radius 3 is 0.802 bits per heavy atom. The van der Waals surface area contributed by atoms with Gasteiger partial charge in [-0.25, -0.2) is 4.79 Å². The second-order valence-corrected chi connectivity index (χ2v) is 28.0. The van der Waals surface area contributed by atoms with Crippen molar-refractivity contribution in [3.05, 3.63) is 182 Å². The van der Waals surface area contributed by atoms with Crippen molar-refractivity contribution in [2.45, 2.75) is 334 Å². The van der Waals surface area contributed by atoms with Crippen LogP contribution in [0.2, 0.25) is 0 Å². The molecule has 9 heteroatoms. The van der Waals surface area contributed by atoms with Gasteiger partial charge in [0.1, 0.15) is 13.2 Å². The van der Waals surface area contributed by atoms with E-state index in [9.17, 15) is 19.5 Å². The number of carbonyl (C=O) groups is 3. The topological polar surface area (TPSA) is 108 Å². The molecule has 2 atom stereocenters. The molecule has 0 aliphatic carbocycles. The monoisotopic (exact) mass is 1400 g/mol. The Bertz CT molecular complexity index is 2330. The van der Waals surface area contributed by atoms with E-state index < -0.39 is 24.3 Å². The molecule has 572 valence electrons. The molecule has 0 bridgehead atoms. The maximum absolute atomic E-state index is 13.0. The highest BCUT2D eigenvalue weighted by molar-refractivity contribution is 5.71. The van der Waals surface area contributed by atoms with Crippen LogP contribution in [0.3, 0.4) is 0 Å². The van der Waals surface area contributed by atoms with E-state index in [0.29, 0.717) is 17.4 Å². The molecule has 101 heavy (non-hydrogen) atoms. The number of aliphatic carboxylic acids is 1. The third-order valence-electron chi connectivity index (χ3n) is 17.2. The van der Waals surface area contributed by atoms with Crippen LogP contribution in [-0.2, 0) is 33.3 Å². The van der Waals surface area contributed by atoms with E-state index in [1.807, 2.05) is 21.1 Å². The summed E-state index contributed by atoms with van der Waals surface area (Å²) < 4.78 is 23.0. The molecular formula is C92H152NO8+. The molecule has 1 N–H and O–H groups in total. The van der Waals surface area contributed by atoms with Crippen molar-refractivity contribution >= 4 is 17.9 Å². The van der Waals surface area contributed by atoms with Crippen LogP contribution in [0.25, 0.3) is 0 Å². The lowest BCUT2D eigenvalue weighted by Crippen LogP contribution is -2.40. The fourth-order valence-electron chi connectivity index (χ4n) is 11.0. The van der Waals surface area contributed by atoms with E-state index in [0.717, 1.165) is 135 Å². The first-order valence-corrected chi connectivity index (χ1v) is 40.9. The van der Waals surface area contributed by atoms with E-state index in [1.54, 1.807) is 0 Å². The first-order chi connectivity index (χ1) is 49.6. The number of quaternary nitrogens is 1. The van der Waals surface area contributed by atoms with E-state index in [1.165, 1.54) is 154 Å². The van der Waals surface area contributed by atoms with Gasteiger partial charge in [-0.2, -0.15) is 0 Å². The van der Waals surface area contributed by atoms with Gasteiger partial charge in [0.15, 0.2) is 6.10 Å². The van der Waals surface area contributed by atoms with Gasteiger partial charge in [0.05, 0.1) is 34.4 Å². The molecule has 0 aliphatic heterocycles. The fraction of sp³-hybridized carbons (Fsp3) is 0.641. The van der Waals surface area contributed by atoms with E-state index in [4.69, 9.17) is 18.9 Å². The predicted octanol–water partition coefficient (Wildman–Crippen LogP) is 26.7. The number of likely N-dealkylation sites (N-methyl/N-ethyl adjacent to an activating group) is 1. The van der Waals surface area contributed by atoms with Crippen LogP contribution in [0.5, 0.6) is 0 Å². The van der Waals surface area contributed by atoms with Crippen molar-refractivity contribution in [3.8, 4) is 0 Å². The zero-order valence-electron chi connectivity index (χ0n) is 65.5. The molecule has 0 aromatic heterocycles. The number of esters is 2. The number of ether oxygens (including phenoxy) is 4. The lowest BCUT2D eigenvalue weighted by molar-refractivity contribution is -0.870. The van der Waals surface area contributed by atoms with Gasteiger partial charge in [0.25, 0.3) is 6.29 Å². The van der Waals surface area contributed by atoms with Gasteiger partial charge in [0.2, 0.25) is 0 Å². The first kappa shape index (κ1) is 95.4. The molecule has 0 rings (SSSR count). The summed E-state index contributed by atoms with van der Waals surface area (Å²) in [5.41, 5.74) is 0. The third kappa shape index (κ3) is 81.6. The number of carboxylic acid groups (broad SMARTS) is 1. The molecule has 0 fully saturated rings. The number of unbranched alkanes of at least 4 members (excludes halogenated alkanes) is 29. The van der Waals surface area contributed by atoms with Crippen molar-refractivity contribution in [1.82, 2.24) is 0 Å². The van der Waals surface area contributed by atoms with Crippen molar-refractivity contribution in [1.29, 1.82) is 0 Å². The first-order valence-electron chi connectivity index (χ1n) is 40.9. The van der Waals surface area contributed by atoms with Gasteiger partial charge in [-0.1, -0.05) is 357 Å². The van der Waals surface area contributed by atoms with Gasteiger partial charge < -0.3 is 28.5 Å². The maximum atomic E-state index is 13.0. The summed E-state index contributed by atoms with van der Waals surface area (Å²) in [6.45, 7) is 4.62. The van der Waals surface area contributed by atoms with E-state index in [-0.39, 0.29) is 38.6 Å². The standard InChI is InChI=1S/C92H151NO8/c1-6-8-10-12-14-16-18-20-22-24-26-28-30-32-34-36-38-40-42-44-45-47-48-50-52-54-56-58-60-62-64-66-68-70-72-74-76-78-80-82-89(94)99-86-88(87-100-92(91(96)97)98-85-84-93(3,4)5)101-90(95)83-81-79-77-75-73-71-69-67-65-63-61-59-57-55-53-51-49-46-43-41-39-37-35-33-31-29-27-25-23-21-19-17-15-13-11-9-7-2/h8-11,14-17,20-23,26-29,33,35,39,41,46,49,53,55,59,61,65,67,71,73,88,92H,6-7,12-13,18-19,24-25,30-32,34,36-38,40,42-45,47-48,50-52,54,56-58,60,62-64,66,68-70,72,74-87H2,1-5H3/p+1/b10-8-,11-9-,16-14-,17-15-,22-20-,23-21-,28-26-,29-27-,35-33-,41-39-,49-46-,55-53-,61-59-,67-65-,73-71-. The second-order valence-electron chi connectivity index (χ2n) is 28.0. The van der Waals surface area contributed by atoms with Crippen LogP contribution in [0.15, 0.2) is 182 Å². The number of hydrogen-bond acceptors (Lipinski definition) is 7. The summed E-state index contributed by atoms with van der Waals surface area (Å²) in [5, 5.41) is 9.78. The Kier molecular flexibility index (Phi) is 75.6. The molecule has 0 saturated heterocycles. The fourth-order valence-corrected chi connectivity index (χ4v) is 11.0. The smallest absolute Gasteiger partial charge is 0.361 e. The SMILES string of the molecule is CC/C=C\C/C=C\C/C=C\C/C=C\C/C=C\C/C=C\C/C=C\C/C=C\C/C=C\C/C=C\C/C=C\CCCCCC(=O)OC(COC(=O)CCCCCCCCCCCCCCCCCCCCCCCCCCCC/C=C\C/C=C\C/C=C\C/C=C\CC)COC(OCC[N+](C)(C)C)C(=O)O. The lowest BCUT2D eigenvalue weighted by atomic mass is 10.0. The number of rotatable bonds is 74. The van der Waals surface area contributed by atoms with Crippen LogP contribution < -0.4 is 0 Å². The minimum Gasteiger partial charge on any atom is -0.477 e. The Hall–Kier alpha value is -5.61. The molecule has 0 aromatic carbocycles. The predicted molar refractivity (Wildman–Crippen MR) is 437 cm³/mol. The Balaban J connectivity index is 4.11. The molecule has 0 heterocycles. The molecule has 0 aromatic rings. The van der Waals surface area contributed by atoms with Gasteiger partial charge in [-0.05, 0) is 135 Å². The van der Waals surface area contributed by atoms with Crippen LogP contribution in [0, 0.1) is 0 Å². The molecule has 0 amide bonds. The minimum atomic E-state index is -1.53. The maximum Gasteiger partial charge on any atom is 0.361 e. The summed E-state index contributed by atoms with van der Waals surface area (Å²) in [5.74, 6) is -2.05. The van der Waals surface area contributed by atoms with Gasteiger partial charge >= 0.3 is 17.9 Å². The lowest BCUT2D eigenvalue weighted by Gasteiger charge is -2.25. The number of hydrogen-bond donors (Lipinski definition) is 1. The minimum absolute atomic E-state index is 0.173. The molecule has 0 aliphatic rings. The summed E-state index contributed by atoms with van der Waals surface area (Å²) in [7, 11) is 5.96. The highest BCUT2D eigenvalue weighted by atomic mass is 16.7. The summed E-state index contributed by atoms with van der Waals surface area (Å²) in [6.07, 6.45) is 119. The number of allylic oxidation sites excluding steroid dienone is 30. The van der Waals surface area contributed by atoms with Crippen LogP contribution >= 0.6 is 0 Å². The van der Waals surface area contributed by atoms with Gasteiger partial charge in [-0.15, -0.1) is 0 Å². The molecule has 0 saturated carbocycles. The number of carbonyl (C=O) groups excluding carboxylic acids is 2. The average molecular weight is 1400 g/mol. The largest absolute Gasteiger partial charge is 0.477 e. The second kappa shape index (κ2) is 80.1. The van der Waals surface area contributed by atoms with Crippen LogP contribution in [0.4, 0.5) is 0 Å². The number of carboxylic acids is 1. The molecule has 0 radical (unpaired) electrons. The van der Waals surface area contributed by atoms with Gasteiger partial charge in [-0.3, -0.25) is 9.59 Å². The Morgan fingerprint density at radius 2 is 0.535 bits per heavy atom. The van der Waals surface area contributed by atoms with Crippen molar-refractivity contribution < 1.29 is 42.9 Å².